The van der Waals surface area contributed by atoms with E-state index in [4.69, 9.17) is 4.74 Å². The third-order valence-corrected chi connectivity index (χ3v) is 6.28. The van der Waals surface area contributed by atoms with Gasteiger partial charge < -0.3 is 10.1 Å². The van der Waals surface area contributed by atoms with E-state index in [0.29, 0.717) is 19.5 Å². The molecule has 1 amide bonds. The molecule has 2 saturated heterocycles. The Balaban J connectivity index is 1.77. The van der Waals surface area contributed by atoms with Crippen molar-refractivity contribution in [1.29, 1.82) is 0 Å². The fraction of sp³-hybridized carbons (Fsp3) is 0.929. The molecule has 2 aliphatic rings. The molecule has 2 aliphatic heterocycles. The van der Waals surface area contributed by atoms with Gasteiger partial charge in [-0.25, -0.2) is 0 Å². The molecule has 2 fully saturated rings. The van der Waals surface area contributed by atoms with Gasteiger partial charge in [0.2, 0.25) is 5.91 Å². The zero-order valence-electron chi connectivity index (χ0n) is 14.0. The van der Waals surface area contributed by atoms with Crippen molar-refractivity contribution in [2.24, 2.45) is 5.92 Å². The first kappa shape index (κ1) is 18.6. The average Bonchev–Trinajstić information content (AvgIpc) is 2.55. The van der Waals surface area contributed by atoms with Crippen molar-refractivity contribution >= 4 is 16.1 Å². The topological polar surface area (TPSA) is 82.2 Å². The van der Waals surface area contributed by atoms with Crippen molar-refractivity contribution in [3.8, 4) is 0 Å². The molecule has 1 atom stereocenters. The van der Waals surface area contributed by atoms with Crippen molar-refractivity contribution in [2.45, 2.75) is 12.8 Å². The van der Waals surface area contributed by atoms with Gasteiger partial charge in [0, 0.05) is 53.4 Å². The second-order valence-electron chi connectivity index (χ2n) is 6.23. The van der Waals surface area contributed by atoms with Crippen LogP contribution in [-0.2, 0) is 19.7 Å². The zero-order chi connectivity index (χ0) is 16.9. The highest BCUT2D eigenvalue weighted by atomic mass is 32.2. The minimum atomic E-state index is -3.44. The number of ether oxygens (including phenoxy) is 1. The van der Waals surface area contributed by atoms with E-state index in [1.165, 1.54) is 22.7 Å². The molecular weight excluding hydrogens is 320 g/mol. The second-order valence-corrected chi connectivity index (χ2v) is 8.37. The van der Waals surface area contributed by atoms with Crippen LogP contribution in [0, 0.1) is 5.92 Å². The molecule has 0 aliphatic carbocycles. The Morgan fingerprint density at radius 1 is 1.26 bits per heavy atom. The molecule has 2 rings (SSSR count). The lowest BCUT2D eigenvalue weighted by molar-refractivity contribution is -0.126. The van der Waals surface area contributed by atoms with Gasteiger partial charge in [-0.1, -0.05) is 0 Å². The maximum Gasteiger partial charge on any atom is 0.281 e. The van der Waals surface area contributed by atoms with Crippen LogP contribution in [0.25, 0.3) is 0 Å². The number of carbonyl (C=O) groups excluding carboxylic acids is 1. The minimum absolute atomic E-state index is 0.0445. The van der Waals surface area contributed by atoms with Crippen LogP contribution in [0.15, 0.2) is 0 Å². The summed E-state index contributed by atoms with van der Waals surface area (Å²) in [5.74, 6) is -0.305. The maximum absolute atomic E-state index is 12.3. The lowest BCUT2D eigenvalue weighted by Gasteiger charge is -2.33. The van der Waals surface area contributed by atoms with Gasteiger partial charge >= 0.3 is 0 Å². The molecule has 8 nitrogen and oxygen atoms in total. The van der Waals surface area contributed by atoms with Gasteiger partial charge in [-0.3, -0.25) is 9.69 Å². The Labute approximate surface area is 138 Å². The van der Waals surface area contributed by atoms with Crippen LogP contribution < -0.4 is 5.32 Å². The predicted molar refractivity (Wildman–Crippen MR) is 87.2 cm³/mol. The molecule has 9 heteroatoms. The number of morpholine rings is 1. The van der Waals surface area contributed by atoms with Gasteiger partial charge in [-0.05, 0) is 12.8 Å². The molecule has 0 unspecified atom stereocenters. The predicted octanol–water partition coefficient (Wildman–Crippen LogP) is -1.05. The van der Waals surface area contributed by atoms with Crippen LogP contribution >= 0.6 is 0 Å². The Morgan fingerprint density at radius 2 is 1.96 bits per heavy atom. The summed E-state index contributed by atoms with van der Waals surface area (Å²) in [7, 11) is -0.409. The van der Waals surface area contributed by atoms with Crippen LogP contribution in [0.5, 0.6) is 0 Å². The summed E-state index contributed by atoms with van der Waals surface area (Å²) >= 11 is 0. The molecule has 0 aromatic rings. The number of amides is 1. The second kappa shape index (κ2) is 8.39. The van der Waals surface area contributed by atoms with Gasteiger partial charge in [0.25, 0.3) is 10.2 Å². The molecule has 0 saturated carbocycles. The monoisotopic (exact) mass is 348 g/mol. The number of carbonyl (C=O) groups is 1. The fourth-order valence-electron chi connectivity index (χ4n) is 2.90. The van der Waals surface area contributed by atoms with Crippen molar-refractivity contribution in [1.82, 2.24) is 18.8 Å². The first-order valence-electron chi connectivity index (χ1n) is 8.16. The summed E-state index contributed by atoms with van der Waals surface area (Å²) in [5.41, 5.74) is 0. The molecule has 134 valence electrons. The standard InChI is InChI=1S/C14H28N4O4S/c1-16(2)23(20,21)18-6-3-4-13(12-18)14(19)15-5-7-17-8-10-22-11-9-17/h13H,3-12H2,1-2H3,(H,15,19)/t13-/m0/s1. The van der Waals surface area contributed by atoms with Crippen LogP contribution in [-0.4, -0.2) is 94.4 Å². The number of hydrogen-bond acceptors (Lipinski definition) is 5. The normalized spacial score (nSPS) is 24.7. The zero-order valence-corrected chi connectivity index (χ0v) is 14.8. The lowest BCUT2D eigenvalue weighted by Crippen LogP contribution is -2.49. The van der Waals surface area contributed by atoms with E-state index in [0.717, 1.165) is 39.3 Å². The van der Waals surface area contributed by atoms with Crippen LogP contribution in [0.2, 0.25) is 0 Å². The first-order valence-corrected chi connectivity index (χ1v) is 9.56. The van der Waals surface area contributed by atoms with Crippen molar-refractivity contribution in [2.75, 3.05) is 66.6 Å². The van der Waals surface area contributed by atoms with E-state index in [-0.39, 0.29) is 18.4 Å². The van der Waals surface area contributed by atoms with Gasteiger partial charge in [-0.15, -0.1) is 0 Å². The van der Waals surface area contributed by atoms with Crippen LogP contribution in [0.1, 0.15) is 12.8 Å². The number of hydrogen-bond donors (Lipinski definition) is 1. The van der Waals surface area contributed by atoms with Gasteiger partial charge in [-0.2, -0.15) is 17.0 Å². The van der Waals surface area contributed by atoms with Crippen LogP contribution in [0.4, 0.5) is 0 Å². The van der Waals surface area contributed by atoms with E-state index in [1.807, 2.05) is 0 Å². The molecule has 0 radical (unpaired) electrons. The summed E-state index contributed by atoms with van der Waals surface area (Å²) in [6.07, 6.45) is 1.46. The Bertz CT molecular complexity index is 491. The summed E-state index contributed by atoms with van der Waals surface area (Å²) in [6.45, 7) is 5.43. The van der Waals surface area contributed by atoms with E-state index >= 15 is 0 Å². The Hall–Kier alpha value is -0.740. The molecule has 23 heavy (non-hydrogen) atoms. The highest BCUT2D eigenvalue weighted by Gasteiger charge is 2.33. The highest BCUT2D eigenvalue weighted by Crippen LogP contribution is 2.20. The quantitative estimate of drug-likeness (QED) is 0.663. The molecule has 0 aromatic heterocycles. The van der Waals surface area contributed by atoms with E-state index in [1.54, 1.807) is 0 Å². The Kier molecular flexibility index (Phi) is 6.78. The van der Waals surface area contributed by atoms with Crippen molar-refractivity contribution < 1.29 is 17.9 Å². The van der Waals surface area contributed by atoms with E-state index in [2.05, 4.69) is 10.2 Å². The number of piperidine rings is 1. The third kappa shape index (κ3) is 5.12. The van der Waals surface area contributed by atoms with E-state index < -0.39 is 10.2 Å². The van der Waals surface area contributed by atoms with Gasteiger partial charge in [0.1, 0.15) is 0 Å². The van der Waals surface area contributed by atoms with Crippen molar-refractivity contribution in [3.05, 3.63) is 0 Å². The summed E-state index contributed by atoms with van der Waals surface area (Å²) in [5, 5.41) is 2.94. The third-order valence-electron chi connectivity index (χ3n) is 4.37. The lowest BCUT2D eigenvalue weighted by atomic mass is 9.99. The fourth-order valence-corrected chi connectivity index (χ4v) is 4.09. The van der Waals surface area contributed by atoms with Crippen molar-refractivity contribution in [3.63, 3.8) is 0 Å². The molecule has 1 N–H and O–H groups in total. The molecule has 0 bridgehead atoms. The maximum atomic E-state index is 12.3. The number of nitrogens with zero attached hydrogens (tertiary/aromatic N) is 3. The number of rotatable bonds is 6. The summed E-state index contributed by atoms with van der Waals surface area (Å²) < 4.78 is 32.2. The Morgan fingerprint density at radius 3 is 2.61 bits per heavy atom. The van der Waals surface area contributed by atoms with Gasteiger partial charge in [0.15, 0.2) is 0 Å². The molecular formula is C14H28N4O4S. The van der Waals surface area contributed by atoms with E-state index in [9.17, 15) is 13.2 Å². The smallest absolute Gasteiger partial charge is 0.281 e. The summed E-state index contributed by atoms with van der Waals surface area (Å²) in [4.78, 5) is 14.6. The SMILES string of the molecule is CN(C)S(=O)(=O)N1CCC[C@H](C(=O)NCCN2CCOCC2)C1. The highest BCUT2D eigenvalue weighted by molar-refractivity contribution is 7.86. The largest absolute Gasteiger partial charge is 0.379 e. The average molecular weight is 348 g/mol. The minimum Gasteiger partial charge on any atom is -0.379 e. The van der Waals surface area contributed by atoms with Gasteiger partial charge in [0.05, 0.1) is 19.1 Å². The number of nitrogens with one attached hydrogen (secondary N) is 1. The first-order chi connectivity index (χ1) is 10.9. The summed E-state index contributed by atoms with van der Waals surface area (Å²) in [6, 6.07) is 0. The molecule has 2 heterocycles. The molecule has 0 aromatic carbocycles. The van der Waals surface area contributed by atoms with Crippen LogP contribution in [0.3, 0.4) is 0 Å². The molecule has 0 spiro atoms.